The van der Waals surface area contributed by atoms with Crippen molar-refractivity contribution in [3.05, 3.63) is 74.0 Å². The van der Waals surface area contributed by atoms with Crippen LogP contribution < -0.4 is 10.9 Å². The average molecular weight is 327 g/mol. The first-order chi connectivity index (χ1) is 10.9. The van der Waals surface area contributed by atoms with Gasteiger partial charge >= 0.3 is 0 Å². The van der Waals surface area contributed by atoms with Gasteiger partial charge in [-0.3, -0.25) is 4.79 Å². The molecule has 2 aromatic carbocycles. The minimum atomic E-state index is -0.0621. The van der Waals surface area contributed by atoms with Crippen LogP contribution in [0.15, 0.2) is 41.2 Å². The van der Waals surface area contributed by atoms with E-state index >= 15 is 0 Å². The molecule has 3 aromatic rings. The number of hydrogen-bond donors (Lipinski definition) is 2. The average Bonchev–Trinajstić information content (AvgIpc) is 2.50. The van der Waals surface area contributed by atoms with E-state index in [1.807, 2.05) is 44.2 Å². The molecule has 0 radical (unpaired) electrons. The van der Waals surface area contributed by atoms with Crippen LogP contribution >= 0.6 is 11.6 Å². The van der Waals surface area contributed by atoms with Crippen molar-refractivity contribution in [3.63, 3.8) is 0 Å². The number of benzene rings is 2. The molecule has 0 saturated carbocycles. The molecule has 0 aliphatic carbocycles. The summed E-state index contributed by atoms with van der Waals surface area (Å²) in [5.74, 6) is 0. The van der Waals surface area contributed by atoms with Gasteiger partial charge in [-0.2, -0.15) is 0 Å². The summed E-state index contributed by atoms with van der Waals surface area (Å²) in [5, 5.41) is 5.02. The summed E-state index contributed by atoms with van der Waals surface area (Å²) < 4.78 is 0. The molecule has 0 aliphatic heterocycles. The van der Waals surface area contributed by atoms with Crippen LogP contribution in [0.3, 0.4) is 0 Å². The van der Waals surface area contributed by atoms with Crippen molar-refractivity contribution in [1.82, 2.24) is 4.98 Å². The first-order valence-electron chi connectivity index (χ1n) is 7.57. The SMILES string of the molecule is Cc1cc2cc(CNc3cc(Cl)ccc3C)c(=O)[nH]c2cc1C. The van der Waals surface area contributed by atoms with E-state index in [0.29, 0.717) is 17.1 Å². The summed E-state index contributed by atoms with van der Waals surface area (Å²) in [6.07, 6.45) is 0. The molecule has 0 saturated heterocycles. The normalized spacial score (nSPS) is 11.0. The molecular weight excluding hydrogens is 308 g/mol. The number of halogens is 1. The van der Waals surface area contributed by atoms with Gasteiger partial charge in [0.1, 0.15) is 0 Å². The number of aromatic amines is 1. The Hall–Kier alpha value is -2.26. The van der Waals surface area contributed by atoms with E-state index in [1.165, 1.54) is 11.1 Å². The number of aromatic nitrogens is 1. The molecule has 0 aliphatic rings. The Morgan fingerprint density at radius 2 is 1.74 bits per heavy atom. The van der Waals surface area contributed by atoms with E-state index in [1.54, 1.807) is 0 Å². The summed E-state index contributed by atoms with van der Waals surface area (Å²) >= 11 is 6.03. The second kappa shape index (κ2) is 6.09. The third-order valence-electron chi connectivity index (χ3n) is 4.20. The predicted octanol–water partition coefficient (Wildman–Crippen LogP) is 4.72. The van der Waals surface area contributed by atoms with Crippen LogP contribution in [0.5, 0.6) is 0 Å². The van der Waals surface area contributed by atoms with Gasteiger partial charge in [0.2, 0.25) is 0 Å². The molecular formula is C19H19ClN2O. The quantitative estimate of drug-likeness (QED) is 0.731. The first-order valence-corrected chi connectivity index (χ1v) is 7.95. The molecule has 23 heavy (non-hydrogen) atoms. The van der Waals surface area contributed by atoms with Gasteiger partial charge < -0.3 is 10.3 Å². The van der Waals surface area contributed by atoms with Crippen molar-refractivity contribution in [2.45, 2.75) is 27.3 Å². The maximum Gasteiger partial charge on any atom is 0.253 e. The van der Waals surface area contributed by atoms with Gasteiger partial charge in [-0.15, -0.1) is 0 Å². The third kappa shape index (κ3) is 3.25. The lowest BCUT2D eigenvalue weighted by molar-refractivity contribution is 1.08. The molecule has 0 bridgehead atoms. The number of anilines is 1. The summed E-state index contributed by atoms with van der Waals surface area (Å²) in [7, 11) is 0. The van der Waals surface area contributed by atoms with Crippen molar-refractivity contribution in [2.75, 3.05) is 5.32 Å². The molecule has 0 atom stereocenters. The third-order valence-corrected chi connectivity index (χ3v) is 4.44. The molecule has 1 aromatic heterocycles. The molecule has 1 heterocycles. The fourth-order valence-corrected chi connectivity index (χ4v) is 2.80. The number of hydrogen-bond acceptors (Lipinski definition) is 2. The van der Waals surface area contributed by atoms with E-state index in [-0.39, 0.29) is 5.56 Å². The minimum Gasteiger partial charge on any atom is -0.380 e. The van der Waals surface area contributed by atoms with Crippen molar-refractivity contribution in [3.8, 4) is 0 Å². The van der Waals surface area contributed by atoms with Gasteiger partial charge in [0.05, 0.1) is 0 Å². The van der Waals surface area contributed by atoms with E-state index < -0.39 is 0 Å². The van der Waals surface area contributed by atoms with Crippen LogP contribution in [-0.2, 0) is 6.54 Å². The Kier molecular flexibility index (Phi) is 4.14. The van der Waals surface area contributed by atoms with E-state index in [9.17, 15) is 4.79 Å². The Labute approximate surface area is 140 Å². The molecule has 3 rings (SSSR count). The zero-order valence-corrected chi connectivity index (χ0v) is 14.2. The number of nitrogens with one attached hydrogen (secondary N) is 2. The minimum absolute atomic E-state index is 0.0621. The van der Waals surface area contributed by atoms with Gasteiger partial charge in [0.25, 0.3) is 5.56 Å². The molecule has 0 fully saturated rings. The molecule has 118 valence electrons. The lowest BCUT2D eigenvalue weighted by atomic mass is 10.0. The van der Waals surface area contributed by atoms with Gasteiger partial charge in [-0.1, -0.05) is 17.7 Å². The highest BCUT2D eigenvalue weighted by Gasteiger charge is 2.06. The molecule has 0 amide bonds. The van der Waals surface area contributed by atoms with Crippen LogP contribution in [0.4, 0.5) is 5.69 Å². The van der Waals surface area contributed by atoms with Crippen LogP contribution in [0.25, 0.3) is 10.9 Å². The fourth-order valence-electron chi connectivity index (χ4n) is 2.63. The predicted molar refractivity (Wildman–Crippen MR) is 97.6 cm³/mol. The zero-order valence-electron chi connectivity index (χ0n) is 13.5. The monoisotopic (exact) mass is 326 g/mol. The number of rotatable bonds is 3. The summed E-state index contributed by atoms with van der Waals surface area (Å²) in [4.78, 5) is 15.2. The first kappa shape index (κ1) is 15.6. The molecule has 3 nitrogen and oxygen atoms in total. The molecule has 0 spiro atoms. The van der Waals surface area contributed by atoms with Gasteiger partial charge in [-0.25, -0.2) is 0 Å². The Morgan fingerprint density at radius 3 is 2.52 bits per heavy atom. The number of fused-ring (bicyclic) bond motifs is 1. The summed E-state index contributed by atoms with van der Waals surface area (Å²) in [6.45, 7) is 6.59. The standard InChI is InChI=1S/C19H19ClN2O/c1-11-4-5-16(20)9-17(11)21-10-15-8-14-6-12(2)13(3)7-18(14)22-19(15)23/h4-9,21H,10H2,1-3H3,(H,22,23). The van der Waals surface area contributed by atoms with Gasteiger partial charge in [-0.05, 0) is 73.2 Å². The van der Waals surface area contributed by atoms with Gasteiger partial charge in [0.15, 0.2) is 0 Å². The highest BCUT2D eigenvalue weighted by molar-refractivity contribution is 6.30. The molecule has 0 unspecified atom stereocenters. The van der Waals surface area contributed by atoms with Crippen LogP contribution in [0.2, 0.25) is 5.02 Å². The van der Waals surface area contributed by atoms with E-state index in [4.69, 9.17) is 11.6 Å². The van der Waals surface area contributed by atoms with Gasteiger partial charge in [0, 0.05) is 28.3 Å². The highest BCUT2D eigenvalue weighted by atomic mass is 35.5. The summed E-state index contributed by atoms with van der Waals surface area (Å²) in [6, 6.07) is 11.8. The Bertz CT molecular complexity index is 944. The molecule has 4 heteroatoms. The fraction of sp³-hybridized carbons (Fsp3) is 0.211. The van der Waals surface area contributed by atoms with Crippen LogP contribution in [0, 0.1) is 20.8 Å². The van der Waals surface area contributed by atoms with Crippen molar-refractivity contribution >= 4 is 28.2 Å². The number of aryl methyl sites for hydroxylation is 3. The van der Waals surface area contributed by atoms with E-state index in [0.717, 1.165) is 22.2 Å². The van der Waals surface area contributed by atoms with Crippen molar-refractivity contribution in [1.29, 1.82) is 0 Å². The summed E-state index contributed by atoms with van der Waals surface area (Å²) in [5.41, 5.74) is 5.95. The number of pyridine rings is 1. The smallest absolute Gasteiger partial charge is 0.253 e. The highest BCUT2D eigenvalue weighted by Crippen LogP contribution is 2.21. The molecule has 2 N–H and O–H groups in total. The second-order valence-corrected chi connectivity index (χ2v) is 6.40. The van der Waals surface area contributed by atoms with Crippen LogP contribution in [-0.4, -0.2) is 4.98 Å². The number of H-pyrrole nitrogens is 1. The maximum absolute atomic E-state index is 12.3. The Balaban J connectivity index is 1.94. The Morgan fingerprint density at radius 1 is 1.00 bits per heavy atom. The van der Waals surface area contributed by atoms with Crippen molar-refractivity contribution < 1.29 is 0 Å². The lowest BCUT2D eigenvalue weighted by Gasteiger charge is -2.11. The topological polar surface area (TPSA) is 44.9 Å². The lowest BCUT2D eigenvalue weighted by Crippen LogP contribution is -2.16. The van der Waals surface area contributed by atoms with E-state index in [2.05, 4.69) is 23.3 Å². The largest absolute Gasteiger partial charge is 0.380 e. The zero-order chi connectivity index (χ0) is 16.6. The second-order valence-electron chi connectivity index (χ2n) is 5.96. The van der Waals surface area contributed by atoms with Crippen LogP contribution in [0.1, 0.15) is 22.3 Å². The van der Waals surface area contributed by atoms with Crippen molar-refractivity contribution in [2.24, 2.45) is 0 Å². The maximum atomic E-state index is 12.3.